The van der Waals surface area contributed by atoms with Crippen molar-refractivity contribution in [2.75, 3.05) is 26.2 Å². The highest BCUT2D eigenvalue weighted by Gasteiger charge is 2.28. The number of likely N-dealkylation sites (tertiary alicyclic amines) is 1. The summed E-state index contributed by atoms with van der Waals surface area (Å²) in [5.74, 6) is 0.910. The normalized spacial score (nSPS) is 22.6. The van der Waals surface area contributed by atoms with Gasteiger partial charge in [-0.2, -0.15) is 0 Å². The molecular weight excluding hydrogens is 278 g/mol. The van der Waals surface area contributed by atoms with Gasteiger partial charge in [-0.3, -0.25) is 4.99 Å². The lowest BCUT2D eigenvalue weighted by molar-refractivity contribution is 0.188. The molecule has 0 atom stereocenters. The quantitative estimate of drug-likeness (QED) is 0.545. The average Bonchev–Trinajstić information content (AvgIpc) is 2.93. The number of primary amides is 1. The van der Waals surface area contributed by atoms with Crippen molar-refractivity contribution in [2.24, 2.45) is 16.1 Å². The predicted molar refractivity (Wildman–Crippen MR) is 89.9 cm³/mol. The fourth-order valence-electron chi connectivity index (χ4n) is 3.41. The van der Waals surface area contributed by atoms with E-state index in [4.69, 9.17) is 10.7 Å². The van der Waals surface area contributed by atoms with Crippen LogP contribution in [0.3, 0.4) is 0 Å². The van der Waals surface area contributed by atoms with Crippen LogP contribution in [0.2, 0.25) is 0 Å². The maximum absolute atomic E-state index is 11.2. The van der Waals surface area contributed by atoms with E-state index in [-0.39, 0.29) is 6.03 Å². The number of rotatable bonds is 4. The number of hydrogen-bond donors (Lipinski definition) is 3. The van der Waals surface area contributed by atoms with Gasteiger partial charge in [-0.1, -0.05) is 19.8 Å². The summed E-state index contributed by atoms with van der Waals surface area (Å²) in [6.07, 6.45) is 7.08. The summed E-state index contributed by atoms with van der Waals surface area (Å²) >= 11 is 0. The van der Waals surface area contributed by atoms with Crippen LogP contribution in [0.1, 0.15) is 52.4 Å². The minimum absolute atomic E-state index is 0.312. The standard InChI is InChI=1S/C16H31N5O/c1-3-18-15(19-12-16(2)8-4-5-9-16)20-13-6-10-21(11-7-13)14(17)22/h13H,3-12H2,1-2H3,(H2,17,22)(H2,18,19,20). The van der Waals surface area contributed by atoms with E-state index in [0.717, 1.165) is 45.0 Å². The second-order valence-corrected chi connectivity index (χ2v) is 6.96. The van der Waals surface area contributed by atoms with E-state index in [0.29, 0.717) is 11.5 Å². The Labute approximate surface area is 133 Å². The number of nitrogens with two attached hydrogens (primary N) is 1. The lowest BCUT2D eigenvalue weighted by atomic mass is 9.89. The van der Waals surface area contributed by atoms with Crippen LogP contribution in [-0.4, -0.2) is 49.1 Å². The van der Waals surface area contributed by atoms with Gasteiger partial charge in [0, 0.05) is 32.2 Å². The molecule has 0 bridgehead atoms. The van der Waals surface area contributed by atoms with E-state index >= 15 is 0 Å². The summed E-state index contributed by atoms with van der Waals surface area (Å²) in [6.45, 7) is 7.64. The zero-order valence-electron chi connectivity index (χ0n) is 14.0. The van der Waals surface area contributed by atoms with Crippen LogP contribution >= 0.6 is 0 Å². The molecule has 0 aromatic heterocycles. The van der Waals surface area contributed by atoms with Gasteiger partial charge in [0.1, 0.15) is 0 Å². The smallest absolute Gasteiger partial charge is 0.314 e. The molecule has 0 radical (unpaired) electrons. The first-order valence-electron chi connectivity index (χ1n) is 8.62. The third kappa shape index (κ3) is 4.78. The first-order chi connectivity index (χ1) is 10.5. The summed E-state index contributed by atoms with van der Waals surface area (Å²) in [4.78, 5) is 17.7. The van der Waals surface area contributed by atoms with Gasteiger partial charge in [-0.25, -0.2) is 4.79 Å². The molecule has 0 unspecified atom stereocenters. The van der Waals surface area contributed by atoms with Gasteiger partial charge in [0.2, 0.25) is 0 Å². The van der Waals surface area contributed by atoms with E-state index in [1.165, 1.54) is 25.7 Å². The Bertz CT molecular complexity index is 395. The van der Waals surface area contributed by atoms with Crippen LogP contribution in [-0.2, 0) is 0 Å². The van der Waals surface area contributed by atoms with Crippen LogP contribution in [0.5, 0.6) is 0 Å². The van der Waals surface area contributed by atoms with E-state index in [2.05, 4.69) is 24.5 Å². The Hall–Kier alpha value is -1.46. The monoisotopic (exact) mass is 309 g/mol. The van der Waals surface area contributed by atoms with E-state index in [1.54, 1.807) is 4.90 Å². The third-order valence-electron chi connectivity index (χ3n) is 4.92. The SMILES string of the molecule is CCNC(=NCC1(C)CCCC1)NC1CCN(C(N)=O)CC1. The summed E-state index contributed by atoms with van der Waals surface area (Å²) in [7, 11) is 0. The molecule has 1 aliphatic carbocycles. The number of carbonyl (C=O) groups is 1. The van der Waals surface area contributed by atoms with Crippen LogP contribution in [0, 0.1) is 5.41 Å². The third-order valence-corrected chi connectivity index (χ3v) is 4.92. The van der Waals surface area contributed by atoms with Crippen molar-refractivity contribution < 1.29 is 4.79 Å². The van der Waals surface area contributed by atoms with Crippen molar-refractivity contribution >= 4 is 12.0 Å². The van der Waals surface area contributed by atoms with Crippen LogP contribution < -0.4 is 16.4 Å². The Morgan fingerprint density at radius 1 is 1.32 bits per heavy atom. The molecule has 0 aromatic rings. The van der Waals surface area contributed by atoms with Crippen LogP contribution in [0.25, 0.3) is 0 Å². The summed E-state index contributed by atoms with van der Waals surface area (Å²) < 4.78 is 0. The van der Waals surface area contributed by atoms with Crippen molar-refractivity contribution in [2.45, 2.75) is 58.4 Å². The number of carbonyl (C=O) groups excluding carboxylic acids is 1. The fraction of sp³-hybridized carbons (Fsp3) is 0.875. The number of piperidine rings is 1. The van der Waals surface area contributed by atoms with Crippen LogP contribution in [0.4, 0.5) is 4.79 Å². The maximum Gasteiger partial charge on any atom is 0.314 e. The highest BCUT2D eigenvalue weighted by atomic mass is 16.2. The molecular formula is C16H31N5O. The second-order valence-electron chi connectivity index (χ2n) is 6.96. The molecule has 126 valence electrons. The second kappa shape index (κ2) is 7.70. The lowest BCUT2D eigenvalue weighted by Crippen LogP contribution is -2.50. The number of nitrogens with one attached hydrogen (secondary N) is 2. The number of urea groups is 1. The van der Waals surface area contributed by atoms with E-state index in [9.17, 15) is 4.79 Å². The molecule has 1 saturated carbocycles. The molecule has 2 fully saturated rings. The molecule has 2 aliphatic rings. The van der Waals surface area contributed by atoms with Gasteiger partial charge in [0.15, 0.2) is 5.96 Å². The minimum atomic E-state index is -0.312. The average molecular weight is 309 g/mol. The van der Waals surface area contributed by atoms with Crippen molar-refractivity contribution in [3.8, 4) is 0 Å². The maximum atomic E-state index is 11.2. The van der Waals surface area contributed by atoms with E-state index < -0.39 is 0 Å². The Balaban J connectivity index is 1.85. The van der Waals surface area contributed by atoms with Gasteiger partial charge < -0.3 is 21.3 Å². The zero-order chi connectivity index (χ0) is 16.0. The highest BCUT2D eigenvalue weighted by Crippen LogP contribution is 2.37. The molecule has 6 nitrogen and oxygen atoms in total. The number of aliphatic imine (C=N–C) groups is 1. The van der Waals surface area contributed by atoms with Gasteiger partial charge in [-0.05, 0) is 38.0 Å². The molecule has 1 heterocycles. The molecule has 1 aliphatic heterocycles. The van der Waals surface area contributed by atoms with Gasteiger partial charge >= 0.3 is 6.03 Å². The number of nitrogens with zero attached hydrogens (tertiary/aromatic N) is 2. The van der Waals surface area contributed by atoms with Crippen molar-refractivity contribution in [1.29, 1.82) is 0 Å². The number of amides is 2. The first kappa shape index (κ1) is 16.9. The molecule has 2 rings (SSSR count). The van der Waals surface area contributed by atoms with Crippen molar-refractivity contribution in [3.63, 3.8) is 0 Å². The minimum Gasteiger partial charge on any atom is -0.357 e. The zero-order valence-corrected chi connectivity index (χ0v) is 14.0. The Morgan fingerprint density at radius 2 is 1.95 bits per heavy atom. The van der Waals surface area contributed by atoms with Crippen molar-refractivity contribution in [3.05, 3.63) is 0 Å². The predicted octanol–water partition coefficient (Wildman–Crippen LogP) is 1.66. The molecule has 0 aromatic carbocycles. The molecule has 0 spiro atoms. The van der Waals surface area contributed by atoms with Gasteiger partial charge in [0.25, 0.3) is 0 Å². The summed E-state index contributed by atoms with van der Waals surface area (Å²) in [5.41, 5.74) is 5.70. The number of guanidine groups is 1. The fourth-order valence-corrected chi connectivity index (χ4v) is 3.41. The summed E-state index contributed by atoms with van der Waals surface area (Å²) in [6, 6.07) is 0.0537. The number of hydrogen-bond acceptors (Lipinski definition) is 2. The van der Waals surface area contributed by atoms with Crippen LogP contribution in [0.15, 0.2) is 4.99 Å². The molecule has 2 amide bonds. The Kier molecular flexibility index (Phi) is 5.91. The highest BCUT2D eigenvalue weighted by molar-refractivity contribution is 5.80. The summed E-state index contributed by atoms with van der Waals surface area (Å²) in [5, 5.41) is 6.86. The molecule has 4 N–H and O–H groups in total. The van der Waals surface area contributed by atoms with Gasteiger partial charge in [-0.15, -0.1) is 0 Å². The topological polar surface area (TPSA) is 82.8 Å². The first-order valence-corrected chi connectivity index (χ1v) is 8.62. The largest absolute Gasteiger partial charge is 0.357 e. The molecule has 1 saturated heterocycles. The Morgan fingerprint density at radius 3 is 2.50 bits per heavy atom. The molecule has 22 heavy (non-hydrogen) atoms. The molecule has 6 heteroatoms. The van der Waals surface area contributed by atoms with Gasteiger partial charge in [0.05, 0.1) is 0 Å². The lowest BCUT2D eigenvalue weighted by Gasteiger charge is -2.32. The van der Waals surface area contributed by atoms with E-state index in [1.807, 2.05) is 0 Å². The van der Waals surface area contributed by atoms with Crippen molar-refractivity contribution in [1.82, 2.24) is 15.5 Å².